The van der Waals surface area contributed by atoms with Crippen molar-refractivity contribution in [3.8, 4) is 0 Å². The number of carbonyl (C=O) groups is 1. The van der Waals surface area contributed by atoms with Crippen LogP contribution >= 0.6 is 11.8 Å². The maximum atomic E-state index is 13.4. The van der Waals surface area contributed by atoms with Crippen molar-refractivity contribution in [3.05, 3.63) is 35.6 Å². The first kappa shape index (κ1) is 15.1. The number of urea groups is 1. The van der Waals surface area contributed by atoms with E-state index in [4.69, 9.17) is 0 Å². The number of carbonyl (C=O) groups excluding carboxylic acids is 1. The van der Waals surface area contributed by atoms with Crippen LogP contribution in [0.4, 0.5) is 9.18 Å². The van der Waals surface area contributed by atoms with Crippen LogP contribution in [0.1, 0.15) is 12.0 Å². The Morgan fingerprint density at radius 2 is 2.20 bits per heavy atom. The normalized spacial score (nSPS) is 21.7. The molecule has 0 aliphatic carbocycles. The zero-order valence-electron chi connectivity index (χ0n) is 11.2. The van der Waals surface area contributed by atoms with Crippen molar-refractivity contribution >= 4 is 17.8 Å². The van der Waals surface area contributed by atoms with E-state index in [1.54, 1.807) is 30.0 Å². The molecule has 1 aliphatic heterocycles. The number of amides is 2. The van der Waals surface area contributed by atoms with Crippen molar-refractivity contribution in [1.82, 2.24) is 10.6 Å². The molecule has 1 aromatic rings. The summed E-state index contributed by atoms with van der Waals surface area (Å²) in [5, 5.41) is 15.4. The molecule has 0 saturated carbocycles. The van der Waals surface area contributed by atoms with Gasteiger partial charge in [0.15, 0.2) is 0 Å². The van der Waals surface area contributed by atoms with E-state index in [1.807, 2.05) is 0 Å². The molecule has 1 atom stereocenters. The van der Waals surface area contributed by atoms with E-state index in [0.29, 0.717) is 30.7 Å². The first-order valence-electron chi connectivity index (χ1n) is 6.64. The van der Waals surface area contributed by atoms with Crippen LogP contribution in [0.3, 0.4) is 0 Å². The predicted molar refractivity (Wildman–Crippen MR) is 78.4 cm³/mol. The maximum Gasteiger partial charge on any atom is 0.314 e. The monoisotopic (exact) mass is 298 g/mol. The van der Waals surface area contributed by atoms with Crippen LogP contribution in [-0.4, -0.2) is 41.3 Å². The van der Waals surface area contributed by atoms with E-state index >= 15 is 0 Å². The number of hydrogen-bond donors (Lipinski definition) is 3. The Morgan fingerprint density at radius 1 is 1.40 bits per heavy atom. The number of nitrogens with one attached hydrogen (secondary N) is 2. The summed E-state index contributed by atoms with van der Waals surface area (Å²) in [5.74, 6) is 1.32. The highest BCUT2D eigenvalue weighted by Crippen LogP contribution is 2.26. The lowest BCUT2D eigenvalue weighted by atomic mass is 10.0. The van der Waals surface area contributed by atoms with Crippen LogP contribution in [0.15, 0.2) is 24.3 Å². The Labute approximate surface area is 122 Å². The van der Waals surface area contributed by atoms with Crippen LogP contribution in [0, 0.1) is 5.82 Å². The number of benzene rings is 1. The topological polar surface area (TPSA) is 61.4 Å². The van der Waals surface area contributed by atoms with E-state index in [2.05, 4.69) is 10.6 Å². The Balaban J connectivity index is 1.67. The van der Waals surface area contributed by atoms with Crippen LogP contribution in [0.25, 0.3) is 0 Å². The van der Waals surface area contributed by atoms with Crippen LogP contribution in [-0.2, 0) is 6.42 Å². The smallest absolute Gasteiger partial charge is 0.314 e. The molecule has 0 bridgehead atoms. The predicted octanol–water partition coefficient (Wildman–Crippen LogP) is 1.54. The average molecular weight is 298 g/mol. The Morgan fingerprint density at radius 3 is 2.90 bits per heavy atom. The molecule has 1 aromatic carbocycles. The van der Waals surface area contributed by atoms with Gasteiger partial charge in [-0.3, -0.25) is 0 Å². The van der Waals surface area contributed by atoms with E-state index in [-0.39, 0.29) is 18.4 Å². The quantitative estimate of drug-likeness (QED) is 0.772. The van der Waals surface area contributed by atoms with Crippen molar-refractivity contribution < 1.29 is 14.3 Å². The molecule has 0 radical (unpaired) electrons. The molecular weight excluding hydrogens is 279 g/mol. The minimum absolute atomic E-state index is 0.255. The van der Waals surface area contributed by atoms with Gasteiger partial charge in [0.05, 0.1) is 5.60 Å². The lowest BCUT2D eigenvalue weighted by molar-refractivity contribution is 0.0700. The largest absolute Gasteiger partial charge is 0.387 e. The second-order valence-electron chi connectivity index (χ2n) is 4.98. The lowest BCUT2D eigenvalue weighted by Crippen LogP contribution is -2.46. The number of hydrogen-bond acceptors (Lipinski definition) is 3. The van der Waals surface area contributed by atoms with Gasteiger partial charge in [-0.05, 0) is 30.2 Å². The zero-order chi connectivity index (χ0) is 14.4. The molecule has 2 amide bonds. The first-order chi connectivity index (χ1) is 9.59. The van der Waals surface area contributed by atoms with Crippen molar-refractivity contribution in [2.45, 2.75) is 18.4 Å². The number of rotatable bonds is 5. The summed E-state index contributed by atoms with van der Waals surface area (Å²) < 4.78 is 13.4. The molecule has 20 heavy (non-hydrogen) atoms. The standard InChI is InChI=1S/C14H19FN2O2S/c15-12-4-2-1-3-11(12)5-7-16-13(18)17-9-14(19)6-8-20-10-14/h1-4,19H,5-10H2,(H2,16,17,18). The van der Waals surface area contributed by atoms with Gasteiger partial charge in [0.2, 0.25) is 0 Å². The third kappa shape index (κ3) is 4.38. The fourth-order valence-corrected chi connectivity index (χ4v) is 3.35. The molecular formula is C14H19FN2O2S. The minimum Gasteiger partial charge on any atom is -0.387 e. The average Bonchev–Trinajstić information content (AvgIpc) is 2.86. The van der Waals surface area contributed by atoms with Crippen molar-refractivity contribution in [2.75, 3.05) is 24.6 Å². The van der Waals surface area contributed by atoms with E-state index in [9.17, 15) is 14.3 Å². The van der Waals surface area contributed by atoms with Crippen molar-refractivity contribution in [2.24, 2.45) is 0 Å². The molecule has 0 aromatic heterocycles. The van der Waals surface area contributed by atoms with Gasteiger partial charge in [0.25, 0.3) is 0 Å². The fourth-order valence-electron chi connectivity index (χ4n) is 2.06. The molecule has 1 fully saturated rings. The Kier molecular flexibility index (Phi) is 5.25. The number of aliphatic hydroxyl groups is 1. The van der Waals surface area contributed by atoms with Gasteiger partial charge < -0.3 is 15.7 Å². The van der Waals surface area contributed by atoms with Crippen LogP contribution in [0.2, 0.25) is 0 Å². The maximum absolute atomic E-state index is 13.4. The second-order valence-corrected chi connectivity index (χ2v) is 6.08. The summed E-state index contributed by atoms with van der Waals surface area (Å²) in [6.07, 6.45) is 1.15. The highest BCUT2D eigenvalue weighted by molar-refractivity contribution is 7.99. The van der Waals surface area contributed by atoms with E-state index < -0.39 is 5.60 Å². The fraction of sp³-hybridized carbons (Fsp3) is 0.500. The van der Waals surface area contributed by atoms with Gasteiger partial charge >= 0.3 is 6.03 Å². The highest BCUT2D eigenvalue weighted by atomic mass is 32.2. The molecule has 0 spiro atoms. The highest BCUT2D eigenvalue weighted by Gasteiger charge is 2.31. The van der Waals surface area contributed by atoms with Crippen molar-refractivity contribution in [3.63, 3.8) is 0 Å². The third-order valence-electron chi connectivity index (χ3n) is 3.30. The minimum atomic E-state index is -0.784. The summed E-state index contributed by atoms with van der Waals surface area (Å²) in [5.41, 5.74) is -0.202. The summed E-state index contributed by atoms with van der Waals surface area (Å²) >= 11 is 1.69. The second kappa shape index (κ2) is 6.95. The summed E-state index contributed by atoms with van der Waals surface area (Å²) in [4.78, 5) is 11.6. The molecule has 110 valence electrons. The molecule has 2 rings (SSSR count). The Hall–Kier alpha value is -1.27. The van der Waals surface area contributed by atoms with Crippen molar-refractivity contribution in [1.29, 1.82) is 0 Å². The SMILES string of the molecule is O=C(NCCc1ccccc1F)NCC1(O)CCSC1. The third-order valence-corrected chi connectivity index (χ3v) is 4.53. The molecule has 6 heteroatoms. The van der Waals surface area contributed by atoms with E-state index in [1.165, 1.54) is 6.07 Å². The van der Waals surface area contributed by atoms with E-state index in [0.717, 1.165) is 5.75 Å². The molecule has 4 nitrogen and oxygen atoms in total. The van der Waals surface area contributed by atoms with Gasteiger partial charge in [0, 0.05) is 18.8 Å². The van der Waals surface area contributed by atoms with Crippen LogP contribution in [0.5, 0.6) is 0 Å². The van der Waals surface area contributed by atoms with Gasteiger partial charge in [0.1, 0.15) is 5.82 Å². The van der Waals surface area contributed by atoms with Crippen LogP contribution < -0.4 is 10.6 Å². The summed E-state index contributed by atoms with van der Waals surface area (Å²) in [6, 6.07) is 6.19. The molecule has 1 aliphatic rings. The lowest BCUT2D eigenvalue weighted by Gasteiger charge is -2.21. The Bertz CT molecular complexity index is 464. The van der Waals surface area contributed by atoms with Gasteiger partial charge in [-0.15, -0.1) is 0 Å². The van der Waals surface area contributed by atoms with Gasteiger partial charge in [-0.2, -0.15) is 11.8 Å². The zero-order valence-corrected chi connectivity index (χ0v) is 12.0. The molecule has 1 unspecified atom stereocenters. The first-order valence-corrected chi connectivity index (χ1v) is 7.80. The molecule has 1 saturated heterocycles. The molecule has 1 heterocycles. The van der Waals surface area contributed by atoms with Gasteiger partial charge in [-0.1, -0.05) is 18.2 Å². The number of thioether (sulfide) groups is 1. The molecule has 3 N–H and O–H groups in total. The number of halogens is 1. The van der Waals surface area contributed by atoms with Gasteiger partial charge in [-0.25, -0.2) is 9.18 Å². The summed E-state index contributed by atoms with van der Waals surface area (Å²) in [7, 11) is 0. The summed E-state index contributed by atoms with van der Waals surface area (Å²) in [6.45, 7) is 0.617.